The van der Waals surface area contributed by atoms with E-state index in [1.807, 2.05) is 13.8 Å². The van der Waals surface area contributed by atoms with Gasteiger partial charge in [-0.15, -0.1) is 11.3 Å². The molecular formula is C18H20ClN3O3S. The molecule has 0 bridgehead atoms. The number of hydrogen-bond acceptors (Lipinski definition) is 4. The van der Waals surface area contributed by atoms with Crippen LogP contribution >= 0.6 is 22.9 Å². The predicted molar refractivity (Wildman–Crippen MR) is 104 cm³/mol. The molecule has 2 rings (SSSR count). The number of amides is 3. The number of nitrogens with one attached hydrogen (secondary N) is 2. The SMILES string of the molecule is CCC(C)C(NC(=O)c1ccc(Cl)c(NC(=O)c2cccs2)c1)C(N)=O. The molecule has 0 aliphatic carbocycles. The number of rotatable bonds is 7. The van der Waals surface area contributed by atoms with Crippen LogP contribution in [0.5, 0.6) is 0 Å². The van der Waals surface area contributed by atoms with Crippen molar-refractivity contribution in [3.63, 3.8) is 0 Å². The minimum absolute atomic E-state index is 0.0956. The molecule has 2 aromatic rings. The van der Waals surface area contributed by atoms with Gasteiger partial charge in [0.2, 0.25) is 5.91 Å². The highest BCUT2D eigenvalue weighted by Crippen LogP contribution is 2.24. The molecule has 1 aromatic carbocycles. The lowest BCUT2D eigenvalue weighted by molar-refractivity contribution is -0.120. The van der Waals surface area contributed by atoms with E-state index in [9.17, 15) is 14.4 Å². The molecule has 2 unspecified atom stereocenters. The highest BCUT2D eigenvalue weighted by Gasteiger charge is 2.24. The summed E-state index contributed by atoms with van der Waals surface area (Å²) in [5.74, 6) is -1.46. The highest BCUT2D eigenvalue weighted by molar-refractivity contribution is 7.12. The predicted octanol–water partition coefficient (Wildman–Crippen LogP) is 3.28. The van der Waals surface area contributed by atoms with Crippen LogP contribution in [0.4, 0.5) is 5.69 Å². The molecule has 0 aliphatic heterocycles. The molecule has 6 nitrogen and oxygen atoms in total. The van der Waals surface area contributed by atoms with E-state index in [0.717, 1.165) is 0 Å². The van der Waals surface area contributed by atoms with Crippen molar-refractivity contribution in [1.29, 1.82) is 0 Å². The van der Waals surface area contributed by atoms with E-state index in [1.54, 1.807) is 17.5 Å². The van der Waals surface area contributed by atoms with E-state index in [-0.39, 0.29) is 17.4 Å². The lowest BCUT2D eigenvalue weighted by Crippen LogP contribution is -2.48. The Hall–Kier alpha value is -2.38. The Morgan fingerprint density at radius 3 is 2.54 bits per heavy atom. The Balaban J connectivity index is 2.18. The molecule has 0 spiro atoms. The van der Waals surface area contributed by atoms with Gasteiger partial charge in [0.15, 0.2) is 0 Å². The fourth-order valence-electron chi connectivity index (χ4n) is 2.31. The average Bonchev–Trinajstić information content (AvgIpc) is 3.15. The van der Waals surface area contributed by atoms with Crippen LogP contribution in [0.1, 0.15) is 40.3 Å². The van der Waals surface area contributed by atoms with Gasteiger partial charge >= 0.3 is 0 Å². The summed E-state index contributed by atoms with van der Waals surface area (Å²) in [4.78, 5) is 36.8. The molecule has 0 saturated heterocycles. The molecule has 1 aromatic heterocycles. The van der Waals surface area contributed by atoms with Crippen LogP contribution < -0.4 is 16.4 Å². The molecule has 0 saturated carbocycles. The Kier molecular flexibility index (Phi) is 6.76. The van der Waals surface area contributed by atoms with E-state index < -0.39 is 17.9 Å². The van der Waals surface area contributed by atoms with Crippen molar-refractivity contribution in [2.75, 3.05) is 5.32 Å². The van der Waals surface area contributed by atoms with E-state index in [2.05, 4.69) is 10.6 Å². The summed E-state index contributed by atoms with van der Waals surface area (Å²) in [5, 5.41) is 7.43. The van der Waals surface area contributed by atoms with Gasteiger partial charge in [-0.25, -0.2) is 0 Å². The smallest absolute Gasteiger partial charge is 0.265 e. The Morgan fingerprint density at radius 2 is 1.96 bits per heavy atom. The summed E-state index contributed by atoms with van der Waals surface area (Å²) in [6.45, 7) is 3.75. The first-order valence-electron chi connectivity index (χ1n) is 8.08. The molecule has 138 valence electrons. The van der Waals surface area contributed by atoms with Gasteiger partial charge < -0.3 is 16.4 Å². The van der Waals surface area contributed by atoms with Crippen molar-refractivity contribution in [2.45, 2.75) is 26.3 Å². The molecule has 0 aliphatic rings. The van der Waals surface area contributed by atoms with Gasteiger partial charge in [0.25, 0.3) is 11.8 Å². The number of primary amides is 1. The first-order valence-corrected chi connectivity index (χ1v) is 9.33. The van der Waals surface area contributed by atoms with Crippen molar-refractivity contribution in [2.24, 2.45) is 11.7 Å². The van der Waals surface area contributed by atoms with Crippen molar-refractivity contribution in [1.82, 2.24) is 5.32 Å². The van der Waals surface area contributed by atoms with Crippen LogP contribution in [0.15, 0.2) is 35.7 Å². The second-order valence-electron chi connectivity index (χ2n) is 5.87. The first kappa shape index (κ1) is 19.9. The molecule has 3 amide bonds. The van der Waals surface area contributed by atoms with Crippen LogP contribution in [0, 0.1) is 5.92 Å². The minimum Gasteiger partial charge on any atom is -0.368 e. The van der Waals surface area contributed by atoms with E-state index in [4.69, 9.17) is 17.3 Å². The highest BCUT2D eigenvalue weighted by atomic mass is 35.5. The molecule has 26 heavy (non-hydrogen) atoms. The standard InChI is InChI=1S/C18H20ClN3O3S/c1-3-10(2)15(16(20)23)22-17(24)11-6-7-12(19)13(9-11)21-18(25)14-5-4-8-26-14/h4-10,15H,3H2,1-2H3,(H2,20,23)(H,21,25)(H,22,24). The second-order valence-corrected chi connectivity index (χ2v) is 7.22. The summed E-state index contributed by atoms with van der Waals surface area (Å²) in [6, 6.07) is 7.19. The van der Waals surface area contributed by atoms with Crippen molar-refractivity contribution in [3.8, 4) is 0 Å². The van der Waals surface area contributed by atoms with Crippen LogP contribution in [0.2, 0.25) is 5.02 Å². The lowest BCUT2D eigenvalue weighted by Gasteiger charge is -2.21. The van der Waals surface area contributed by atoms with Crippen molar-refractivity contribution >= 4 is 46.3 Å². The zero-order chi connectivity index (χ0) is 19.3. The van der Waals surface area contributed by atoms with Gasteiger partial charge in [0.05, 0.1) is 15.6 Å². The van der Waals surface area contributed by atoms with Crippen molar-refractivity contribution in [3.05, 3.63) is 51.2 Å². The molecule has 1 heterocycles. The lowest BCUT2D eigenvalue weighted by atomic mass is 9.98. The quantitative estimate of drug-likeness (QED) is 0.672. The number of benzene rings is 1. The normalized spacial score (nSPS) is 12.9. The summed E-state index contributed by atoms with van der Waals surface area (Å²) in [6.07, 6.45) is 0.691. The average molecular weight is 394 g/mol. The van der Waals surface area contributed by atoms with Gasteiger partial charge in [-0.2, -0.15) is 0 Å². The number of carbonyl (C=O) groups excluding carboxylic acids is 3. The molecule has 0 radical (unpaired) electrons. The second kappa shape index (κ2) is 8.82. The van der Waals surface area contributed by atoms with Gasteiger partial charge in [0.1, 0.15) is 6.04 Å². The monoisotopic (exact) mass is 393 g/mol. The maximum atomic E-state index is 12.5. The van der Waals surface area contributed by atoms with Gasteiger partial charge in [0, 0.05) is 5.56 Å². The molecule has 8 heteroatoms. The molecule has 2 atom stereocenters. The number of hydrogen-bond donors (Lipinski definition) is 3. The fourth-order valence-corrected chi connectivity index (χ4v) is 3.09. The van der Waals surface area contributed by atoms with E-state index >= 15 is 0 Å². The van der Waals surface area contributed by atoms with Crippen LogP contribution in [-0.2, 0) is 4.79 Å². The number of carbonyl (C=O) groups is 3. The van der Waals surface area contributed by atoms with Crippen LogP contribution in [0.3, 0.4) is 0 Å². The third-order valence-electron chi connectivity index (χ3n) is 4.03. The number of halogens is 1. The number of nitrogens with two attached hydrogens (primary N) is 1. The van der Waals surface area contributed by atoms with E-state index in [1.165, 1.54) is 29.5 Å². The molecule has 0 fully saturated rings. The third-order valence-corrected chi connectivity index (χ3v) is 5.23. The largest absolute Gasteiger partial charge is 0.368 e. The summed E-state index contributed by atoms with van der Waals surface area (Å²) in [7, 11) is 0. The summed E-state index contributed by atoms with van der Waals surface area (Å²) >= 11 is 7.42. The zero-order valence-electron chi connectivity index (χ0n) is 14.4. The number of thiophene rings is 1. The van der Waals surface area contributed by atoms with E-state index in [0.29, 0.717) is 22.0 Å². The Labute approximate surface area is 160 Å². The fraction of sp³-hybridized carbons (Fsp3) is 0.278. The topological polar surface area (TPSA) is 101 Å². The zero-order valence-corrected chi connectivity index (χ0v) is 16.0. The molecular weight excluding hydrogens is 374 g/mol. The van der Waals surface area contributed by atoms with Gasteiger partial charge in [-0.3, -0.25) is 14.4 Å². The maximum absolute atomic E-state index is 12.5. The number of anilines is 1. The van der Waals surface area contributed by atoms with Crippen LogP contribution in [-0.4, -0.2) is 23.8 Å². The first-order chi connectivity index (χ1) is 12.3. The maximum Gasteiger partial charge on any atom is 0.265 e. The summed E-state index contributed by atoms with van der Waals surface area (Å²) in [5.41, 5.74) is 5.97. The Bertz CT molecular complexity index is 808. The van der Waals surface area contributed by atoms with Crippen molar-refractivity contribution < 1.29 is 14.4 Å². The Morgan fingerprint density at radius 1 is 1.23 bits per heavy atom. The molecule has 4 N–H and O–H groups in total. The third kappa shape index (κ3) is 4.83. The van der Waals surface area contributed by atoms with Gasteiger partial charge in [-0.1, -0.05) is 37.9 Å². The summed E-state index contributed by atoms with van der Waals surface area (Å²) < 4.78 is 0. The van der Waals surface area contributed by atoms with Crippen LogP contribution in [0.25, 0.3) is 0 Å². The van der Waals surface area contributed by atoms with Gasteiger partial charge in [-0.05, 0) is 35.6 Å². The minimum atomic E-state index is -0.771.